The van der Waals surface area contributed by atoms with Crippen LogP contribution in [-0.2, 0) is 9.09 Å². The summed E-state index contributed by atoms with van der Waals surface area (Å²) in [5.41, 5.74) is 0. The van der Waals surface area contributed by atoms with E-state index < -0.39 is 6.57 Å². The van der Waals surface area contributed by atoms with E-state index in [9.17, 15) is 4.57 Å². The van der Waals surface area contributed by atoms with Gasteiger partial charge in [-0.25, -0.2) is 0 Å². The highest BCUT2D eigenvalue weighted by molar-refractivity contribution is 8.56. The number of hydrogen-bond donors (Lipinski definition) is 0. The normalized spacial score (nSPS) is 15.4. The molecule has 14 heavy (non-hydrogen) atoms. The molecule has 0 aromatic rings. The van der Waals surface area contributed by atoms with E-state index in [-0.39, 0.29) is 0 Å². The molecule has 0 saturated carbocycles. The Bertz CT molecular complexity index is 160. The highest BCUT2D eigenvalue weighted by Crippen LogP contribution is 2.59. The summed E-state index contributed by atoms with van der Waals surface area (Å²) < 4.78 is 17.6. The van der Waals surface area contributed by atoms with Crippen LogP contribution >= 0.6 is 18.0 Å². The van der Waals surface area contributed by atoms with Gasteiger partial charge in [-0.1, -0.05) is 45.0 Å². The van der Waals surface area contributed by atoms with Crippen LogP contribution in [0.3, 0.4) is 0 Å². The number of unbranched alkanes of at least 4 members (excludes halogenated alkanes) is 2. The van der Waals surface area contributed by atoms with Crippen LogP contribution < -0.4 is 0 Å². The molecular weight excluding hydrogens is 215 g/mol. The van der Waals surface area contributed by atoms with Gasteiger partial charge in [0.25, 0.3) is 6.57 Å². The van der Waals surface area contributed by atoms with E-state index in [1.165, 1.54) is 11.4 Å². The average Bonchev–Trinajstić information content (AvgIpc) is 2.19. The lowest BCUT2D eigenvalue weighted by molar-refractivity contribution is 0.317. The van der Waals surface area contributed by atoms with Crippen molar-refractivity contribution in [1.82, 2.24) is 0 Å². The van der Waals surface area contributed by atoms with Crippen LogP contribution in [0.25, 0.3) is 0 Å². The Morgan fingerprint density at radius 3 is 2.29 bits per heavy atom. The Kier molecular flexibility index (Phi) is 9.16. The molecule has 1 unspecified atom stereocenters. The summed E-state index contributed by atoms with van der Waals surface area (Å²) in [6, 6.07) is 0. The zero-order valence-electron chi connectivity index (χ0n) is 9.62. The maximum atomic E-state index is 12.1. The summed E-state index contributed by atoms with van der Waals surface area (Å²) in [5.74, 6) is 0.966. The molecule has 0 bridgehead atoms. The van der Waals surface area contributed by atoms with Crippen LogP contribution in [0.2, 0.25) is 0 Å². The molecule has 0 radical (unpaired) electrons. The monoisotopic (exact) mass is 238 g/mol. The van der Waals surface area contributed by atoms with Gasteiger partial charge in [-0.2, -0.15) is 0 Å². The SMILES string of the molecule is CCCCOP(=O)(CC)SCCCC. The fourth-order valence-corrected chi connectivity index (χ4v) is 4.68. The van der Waals surface area contributed by atoms with Gasteiger partial charge in [0.2, 0.25) is 0 Å². The van der Waals surface area contributed by atoms with E-state index >= 15 is 0 Å². The Morgan fingerprint density at radius 1 is 1.14 bits per heavy atom. The first-order chi connectivity index (χ1) is 6.68. The first-order valence-electron chi connectivity index (χ1n) is 5.56. The molecule has 0 aromatic carbocycles. The van der Waals surface area contributed by atoms with E-state index in [0.29, 0.717) is 12.8 Å². The molecule has 86 valence electrons. The first kappa shape index (κ1) is 14.5. The molecule has 1 atom stereocenters. The van der Waals surface area contributed by atoms with E-state index in [4.69, 9.17) is 4.52 Å². The average molecular weight is 238 g/mol. The van der Waals surface area contributed by atoms with E-state index in [0.717, 1.165) is 31.4 Å². The topological polar surface area (TPSA) is 26.3 Å². The van der Waals surface area contributed by atoms with Gasteiger partial charge >= 0.3 is 0 Å². The van der Waals surface area contributed by atoms with E-state index in [1.54, 1.807) is 0 Å². The van der Waals surface area contributed by atoms with Crippen molar-refractivity contribution in [1.29, 1.82) is 0 Å². The smallest absolute Gasteiger partial charge is 0.257 e. The third-order valence-corrected chi connectivity index (χ3v) is 6.99. The van der Waals surface area contributed by atoms with Crippen molar-refractivity contribution < 1.29 is 9.09 Å². The maximum absolute atomic E-state index is 12.1. The minimum atomic E-state index is -2.34. The largest absolute Gasteiger partial charge is 0.321 e. The van der Waals surface area contributed by atoms with Crippen LogP contribution in [0.5, 0.6) is 0 Å². The lowest BCUT2D eigenvalue weighted by atomic mass is 10.4. The Morgan fingerprint density at radius 2 is 1.79 bits per heavy atom. The van der Waals surface area contributed by atoms with Crippen molar-refractivity contribution >= 4 is 18.0 Å². The second kappa shape index (κ2) is 8.82. The zero-order valence-corrected chi connectivity index (χ0v) is 11.3. The van der Waals surface area contributed by atoms with Gasteiger partial charge in [0, 0.05) is 11.9 Å². The molecule has 0 aliphatic rings. The maximum Gasteiger partial charge on any atom is 0.257 e. The van der Waals surface area contributed by atoms with E-state index in [1.807, 2.05) is 6.92 Å². The van der Waals surface area contributed by atoms with Gasteiger partial charge < -0.3 is 4.52 Å². The summed E-state index contributed by atoms with van der Waals surface area (Å²) >= 11 is 1.53. The van der Waals surface area contributed by atoms with Gasteiger partial charge in [-0.3, -0.25) is 4.57 Å². The van der Waals surface area contributed by atoms with Crippen LogP contribution in [0.15, 0.2) is 0 Å². The molecule has 0 aliphatic heterocycles. The summed E-state index contributed by atoms with van der Waals surface area (Å²) in [5, 5.41) is 0. The minimum Gasteiger partial charge on any atom is -0.321 e. The lowest BCUT2D eigenvalue weighted by Gasteiger charge is -2.15. The summed E-state index contributed by atoms with van der Waals surface area (Å²) in [6.07, 6.45) is 5.06. The molecule has 4 heteroatoms. The van der Waals surface area contributed by atoms with Crippen LogP contribution in [-0.4, -0.2) is 18.5 Å². The molecule has 0 rings (SSSR count). The van der Waals surface area contributed by atoms with Crippen molar-refractivity contribution in [2.75, 3.05) is 18.5 Å². The number of rotatable bonds is 9. The molecule has 0 saturated heterocycles. The van der Waals surface area contributed by atoms with Crippen LogP contribution in [0.1, 0.15) is 46.5 Å². The van der Waals surface area contributed by atoms with Crippen LogP contribution in [0, 0.1) is 0 Å². The fourth-order valence-electron chi connectivity index (χ4n) is 0.916. The quantitative estimate of drug-likeness (QED) is 0.435. The van der Waals surface area contributed by atoms with Gasteiger partial charge in [-0.15, -0.1) is 0 Å². The van der Waals surface area contributed by atoms with Gasteiger partial charge in [0.05, 0.1) is 6.61 Å². The van der Waals surface area contributed by atoms with Crippen molar-refractivity contribution in [2.45, 2.75) is 46.5 Å². The Labute approximate surface area is 92.4 Å². The Balaban J connectivity index is 3.74. The van der Waals surface area contributed by atoms with Gasteiger partial charge in [0.15, 0.2) is 0 Å². The molecule has 0 fully saturated rings. The van der Waals surface area contributed by atoms with Crippen molar-refractivity contribution in [2.24, 2.45) is 0 Å². The molecular formula is C10H23O2PS. The van der Waals surface area contributed by atoms with Gasteiger partial charge in [0.1, 0.15) is 0 Å². The first-order valence-corrected chi connectivity index (χ1v) is 8.96. The minimum absolute atomic E-state index is 0.654. The molecule has 0 aliphatic carbocycles. The fraction of sp³-hybridized carbons (Fsp3) is 1.00. The predicted molar refractivity (Wildman–Crippen MR) is 66.4 cm³/mol. The summed E-state index contributed by atoms with van der Waals surface area (Å²) in [7, 11) is 0. The molecule has 0 spiro atoms. The zero-order chi connectivity index (χ0) is 10.9. The van der Waals surface area contributed by atoms with Gasteiger partial charge in [-0.05, 0) is 12.8 Å². The lowest BCUT2D eigenvalue weighted by Crippen LogP contribution is -1.93. The third kappa shape index (κ3) is 6.92. The van der Waals surface area contributed by atoms with Crippen molar-refractivity contribution in [3.8, 4) is 0 Å². The second-order valence-electron chi connectivity index (χ2n) is 3.30. The molecule has 2 nitrogen and oxygen atoms in total. The second-order valence-corrected chi connectivity index (χ2v) is 8.52. The molecule has 0 aromatic heterocycles. The number of hydrogen-bond acceptors (Lipinski definition) is 3. The van der Waals surface area contributed by atoms with Crippen molar-refractivity contribution in [3.05, 3.63) is 0 Å². The predicted octanol–water partition coefficient (Wildman–Crippen LogP) is 4.55. The summed E-state index contributed by atoms with van der Waals surface area (Å²) in [6.45, 7) is 4.52. The molecule has 0 N–H and O–H groups in total. The van der Waals surface area contributed by atoms with Crippen LogP contribution in [0.4, 0.5) is 0 Å². The summed E-state index contributed by atoms with van der Waals surface area (Å²) in [4.78, 5) is 0. The highest BCUT2D eigenvalue weighted by Gasteiger charge is 2.20. The molecule has 0 heterocycles. The van der Waals surface area contributed by atoms with E-state index in [2.05, 4.69) is 13.8 Å². The third-order valence-electron chi connectivity index (χ3n) is 1.96. The standard InChI is InChI=1S/C10H23O2PS/c1-4-7-9-12-13(11,6-3)14-10-8-5-2/h4-10H2,1-3H3. The Hall–Kier alpha value is 0.540. The molecule has 0 amide bonds. The highest BCUT2D eigenvalue weighted by atomic mass is 32.7. The van der Waals surface area contributed by atoms with Crippen molar-refractivity contribution in [3.63, 3.8) is 0 Å².